The van der Waals surface area contributed by atoms with Crippen molar-refractivity contribution in [2.75, 3.05) is 13.2 Å². The third kappa shape index (κ3) is 6.36. The number of ether oxygens (including phenoxy) is 1. The summed E-state index contributed by atoms with van der Waals surface area (Å²) < 4.78 is 29.3. The van der Waals surface area contributed by atoms with E-state index in [1.807, 2.05) is 30.3 Å². The average Bonchev–Trinajstić information content (AvgIpc) is 2.66. The maximum Gasteiger partial charge on any atom is 0.408 e. The Bertz CT molecular complexity index is 759. The largest absolute Gasteiger partial charge is 0.445 e. The van der Waals surface area contributed by atoms with Crippen LogP contribution >= 0.6 is 19.2 Å². The molecule has 146 valence electrons. The number of rotatable bonds is 9. The molecule has 0 spiro atoms. The van der Waals surface area contributed by atoms with Gasteiger partial charge in [0.15, 0.2) is 5.78 Å². The van der Waals surface area contributed by atoms with Crippen LogP contribution in [0.25, 0.3) is 0 Å². The topological polar surface area (TPSA) is 73.9 Å². The second-order valence-electron chi connectivity index (χ2n) is 5.54. The van der Waals surface area contributed by atoms with E-state index in [1.54, 1.807) is 38.1 Å². The van der Waals surface area contributed by atoms with E-state index in [9.17, 15) is 9.36 Å². The molecule has 1 unspecified atom stereocenters. The molecule has 0 aliphatic heterocycles. The maximum atomic E-state index is 13.3. The van der Waals surface area contributed by atoms with Crippen LogP contribution in [-0.2, 0) is 25.0 Å². The molecule has 0 fully saturated rings. The Labute approximate surface area is 164 Å². The van der Waals surface area contributed by atoms with Gasteiger partial charge in [0.25, 0.3) is 0 Å². The van der Waals surface area contributed by atoms with Crippen LogP contribution in [0, 0.1) is 0 Å². The molecule has 8 heteroatoms. The van der Waals surface area contributed by atoms with Crippen LogP contribution in [0.1, 0.15) is 30.8 Å². The fourth-order valence-electron chi connectivity index (χ4n) is 2.41. The van der Waals surface area contributed by atoms with Gasteiger partial charge in [-0.25, -0.2) is 4.79 Å². The second kappa shape index (κ2) is 10.5. The van der Waals surface area contributed by atoms with Crippen molar-refractivity contribution in [1.82, 2.24) is 5.32 Å². The van der Waals surface area contributed by atoms with Crippen molar-refractivity contribution < 1.29 is 23.1 Å². The van der Waals surface area contributed by atoms with Gasteiger partial charge in [-0.1, -0.05) is 54.1 Å². The first-order valence-corrected chi connectivity index (χ1v) is 10.6. The van der Waals surface area contributed by atoms with Crippen molar-refractivity contribution in [2.45, 2.75) is 26.2 Å². The summed E-state index contributed by atoms with van der Waals surface area (Å²) in [6.45, 7) is 3.84. The number of halogens is 1. The smallest absolute Gasteiger partial charge is 0.408 e. The maximum absolute atomic E-state index is 13.3. The van der Waals surface area contributed by atoms with Gasteiger partial charge in [0.1, 0.15) is 6.61 Å². The predicted octanol–water partition coefficient (Wildman–Crippen LogP) is 5.53. The molecule has 0 saturated heterocycles. The number of carbonyl (C=O) groups is 1. The molecule has 0 aliphatic rings. The predicted molar refractivity (Wildman–Crippen MR) is 105 cm³/mol. The summed E-state index contributed by atoms with van der Waals surface area (Å²) in [6, 6.07) is 15.9. The van der Waals surface area contributed by atoms with Crippen molar-refractivity contribution in [3.63, 3.8) is 0 Å². The Balaban J connectivity index is 2.19. The Kier molecular flexibility index (Phi) is 8.32. The Hall–Kier alpha value is -1.85. The van der Waals surface area contributed by atoms with E-state index in [0.717, 1.165) is 5.56 Å². The van der Waals surface area contributed by atoms with E-state index >= 15 is 0 Å². The zero-order valence-electron chi connectivity index (χ0n) is 15.3. The summed E-state index contributed by atoms with van der Waals surface area (Å²) in [7, 11) is -3.67. The minimum Gasteiger partial charge on any atom is -0.445 e. The van der Waals surface area contributed by atoms with Crippen molar-refractivity contribution in [3.8, 4) is 0 Å². The van der Waals surface area contributed by atoms with Gasteiger partial charge < -0.3 is 19.1 Å². The van der Waals surface area contributed by atoms with E-state index in [0.29, 0.717) is 10.6 Å². The molecule has 2 aromatic carbocycles. The number of hydrogen-bond acceptors (Lipinski definition) is 5. The SMILES string of the molecule is CCOP(=O)(OCC)C(NC(=O)OCc1ccccc1)c1ccc(Cl)cc1. The molecule has 2 rings (SSSR count). The molecule has 6 nitrogen and oxygen atoms in total. The third-order valence-corrected chi connectivity index (χ3v) is 6.14. The van der Waals surface area contributed by atoms with Gasteiger partial charge in [0, 0.05) is 5.02 Å². The molecule has 2 aromatic rings. The highest BCUT2D eigenvalue weighted by atomic mass is 35.5. The van der Waals surface area contributed by atoms with E-state index in [4.69, 9.17) is 25.4 Å². The summed E-state index contributed by atoms with van der Waals surface area (Å²) in [6.07, 6.45) is -0.724. The van der Waals surface area contributed by atoms with Gasteiger partial charge in [-0.2, -0.15) is 0 Å². The molecule has 0 aromatic heterocycles. The summed E-state index contributed by atoms with van der Waals surface area (Å²) in [5.41, 5.74) is 1.38. The molecular formula is C19H23ClNO5P. The van der Waals surface area contributed by atoms with Crippen LogP contribution in [0.3, 0.4) is 0 Å². The molecule has 0 radical (unpaired) electrons. The van der Waals surface area contributed by atoms with Crippen LogP contribution < -0.4 is 5.32 Å². The molecule has 0 aliphatic carbocycles. The van der Waals surface area contributed by atoms with Crippen LogP contribution in [0.2, 0.25) is 5.02 Å². The van der Waals surface area contributed by atoms with Crippen molar-refractivity contribution in [3.05, 3.63) is 70.7 Å². The highest BCUT2D eigenvalue weighted by Gasteiger charge is 2.38. The zero-order chi connectivity index (χ0) is 19.7. The van der Waals surface area contributed by atoms with Gasteiger partial charge >= 0.3 is 13.7 Å². The first-order chi connectivity index (χ1) is 13.0. The van der Waals surface area contributed by atoms with Crippen LogP contribution in [0.4, 0.5) is 4.79 Å². The van der Waals surface area contributed by atoms with Gasteiger partial charge in [0.2, 0.25) is 0 Å². The lowest BCUT2D eigenvalue weighted by Gasteiger charge is -2.27. The van der Waals surface area contributed by atoms with Crippen molar-refractivity contribution in [1.29, 1.82) is 0 Å². The first-order valence-electron chi connectivity index (χ1n) is 8.60. The third-order valence-electron chi connectivity index (χ3n) is 3.59. The first kappa shape index (κ1) is 21.5. The van der Waals surface area contributed by atoms with E-state index in [1.165, 1.54) is 0 Å². The van der Waals surface area contributed by atoms with Crippen molar-refractivity contribution >= 4 is 25.3 Å². The molecule has 0 bridgehead atoms. The number of nitrogens with one attached hydrogen (secondary N) is 1. The number of benzene rings is 2. The normalized spacial score (nSPS) is 12.4. The lowest BCUT2D eigenvalue weighted by molar-refractivity contribution is 0.134. The molecule has 0 saturated carbocycles. The molecule has 1 N–H and O–H groups in total. The van der Waals surface area contributed by atoms with Crippen LogP contribution in [-0.4, -0.2) is 19.3 Å². The second-order valence-corrected chi connectivity index (χ2v) is 8.08. The van der Waals surface area contributed by atoms with E-state index in [-0.39, 0.29) is 19.8 Å². The van der Waals surface area contributed by atoms with Gasteiger partial charge in [-0.05, 0) is 37.1 Å². The van der Waals surface area contributed by atoms with Crippen LogP contribution in [0.5, 0.6) is 0 Å². The Morgan fingerprint density at radius 1 is 1.04 bits per heavy atom. The molecule has 1 amide bonds. The monoisotopic (exact) mass is 411 g/mol. The highest BCUT2D eigenvalue weighted by molar-refractivity contribution is 7.54. The van der Waals surface area contributed by atoms with E-state index in [2.05, 4.69) is 5.32 Å². The zero-order valence-corrected chi connectivity index (χ0v) is 16.9. The number of hydrogen-bond donors (Lipinski definition) is 1. The summed E-state index contributed by atoms with van der Waals surface area (Å²) >= 11 is 5.93. The molecular weight excluding hydrogens is 389 g/mol. The summed E-state index contributed by atoms with van der Waals surface area (Å²) in [4.78, 5) is 12.3. The lowest BCUT2D eigenvalue weighted by atomic mass is 10.2. The lowest BCUT2D eigenvalue weighted by Crippen LogP contribution is -2.30. The summed E-state index contributed by atoms with van der Waals surface area (Å²) in [5.74, 6) is -1.02. The molecule has 1 atom stereocenters. The number of amides is 1. The Morgan fingerprint density at radius 2 is 1.63 bits per heavy atom. The summed E-state index contributed by atoms with van der Waals surface area (Å²) in [5, 5.41) is 3.14. The quantitative estimate of drug-likeness (QED) is 0.549. The Morgan fingerprint density at radius 3 is 2.19 bits per heavy atom. The minimum atomic E-state index is -3.67. The fraction of sp³-hybridized carbons (Fsp3) is 0.316. The van der Waals surface area contributed by atoms with Crippen molar-refractivity contribution in [2.24, 2.45) is 0 Å². The number of alkyl carbamates (subject to hydrolysis) is 1. The molecule has 27 heavy (non-hydrogen) atoms. The highest BCUT2D eigenvalue weighted by Crippen LogP contribution is 2.59. The van der Waals surface area contributed by atoms with Gasteiger partial charge in [0.05, 0.1) is 13.2 Å². The average molecular weight is 412 g/mol. The standard InChI is InChI=1S/C19H23ClNO5P/c1-3-25-27(23,26-4-2)18(16-10-12-17(20)13-11-16)21-19(22)24-14-15-8-6-5-7-9-15/h5-13,18H,3-4,14H2,1-2H3,(H,21,22). The fourth-order valence-corrected chi connectivity index (χ4v) is 4.43. The van der Waals surface area contributed by atoms with E-state index < -0.39 is 19.5 Å². The molecule has 0 heterocycles. The minimum absolute atomic E-state index is 0.0909. The van der Waals surface area contributed by atoms with Crippen LogP contribution in [0.15, 0.2) is 54.6 Å². The van der Waals surface area contributed by atoms with Gasteiger partial charge in [-0.15, -0.1) is 0 Å². The number of carbonyl (C=O) groups excluding carboxylic acids is 1. The van der Waals surface area contributed by atoms with Gasteiger partial charge in [-0.3, -0.25) is 4.57 Å².